The number of nitrogens with zero attached hydrogens (tertiary/aromatic N) is 3. The molecule has 3 fully saturated rings. The first kappa shape index (κ1) is 13.2. The van der Waals surface area contributed by atoms with Gasteiger partial charge in [-0.2, -0.15) is 4.98 Å². The number of ether oxygens (including phenoxy) is 1. The van der Waals surface area contributed by atoms with Crippen LogP contribution in [-0.4, -0.2) is 45.8 Å². The molecule has 1 aliphatic carbocycles. The van der Waals surface area contributed by atoms with Crippen molar-refractivity contribution in [3.8, 4) is 0 Å². The highest BCUT2D eigenvalue weighted by molar-refractivity contribution is 5.88. The molecular formula is C14H18FN3O3. The van der Waals surface area contributed by atoms with E-state index >= 15 is 0 Å². The molecule has 0 aromatic carbocycles. The minimum absolute atomic E-state index is 0.0982. The zero-order valence-electron chi connectivity index (χ0n) is 11.9. The maximum atomic E-state index is 13.9. The smallest absolute Gasteiger partial charge is 0.260 e. The summed E-state index contributed by atoms with van der Waals surface area (Å²) in [6.45, 7) is 2.91. The summed E-state index contributed by atoms with van der Waals surface area (Å²) in [6, 6.07) is 0. The number of amides is 1. The molecule has 3 heterocycles. The molecule has 0 unspecified atom stereocenters. The molecule has 0 radical (unpaired) electrons. The van der Waals surface area contributed by atoms with Gasteiger partial charge in [0.2, 0.25) is 0 Å². The summed E-state index contributed by atoms with van der Waals surface area (Å²) in [5.74, 6) is 0.984. The van der Waals surface area contributed by atoms with E-state index in [0.717, 1.165) is 12.8 Å². The van der Waals surface area contributed by atoms with Gasteiger partial charge in [0, 0.05) is 19.0 Å². The topological polar surface area (TPSA) is 68.5 Å². The summed E-state index contributed by atoms with van der Waals surface area (Å²) in [4.78, 5) is 18.0. The zero-order valence-corrected chi connectivity index (χ0v) is 11.9. The molecule has 7 heteroatoms. The molecule has 0 N–H and O–H groups in total. The third-order valence-electron chi connectivity index (χ3n) is 4.70. The number of halogens is 1. The molecule has 1 aromatic rings. The van der Waals surface area contributed by atoms with Crippen molar-refractivity contribution in [1.82, 2.24) is 15.0 Å². The first-order valence-corrected chi connectivity index (χ1v) is 7.49. The zero-order chi connectivity index (χ0) is 14.6. The molecule has 1 aromatic heterocycles. The number of rotatable bonds is 2. The standard InChI is InChI=1S/C14H18FN3O3/c1-8-16-12(21-17-8)11-6-9-7-18(5-2-10(9)20-11)13(19)14(15)3-4-14/h9-11H,2-7H2,1H3/t9-,10+,11+/m0/s1. The summed E-state index contributed by atoms with van der Waals surface area (Å²) in [6.07, 6.45) is 2.14. The van der Waals surface area contributed by atoms with Crippen LogP contribution in [0.3, 0.4) is 0 Å². The molecule has 2 aliphatic heterocycles. The summed E-state index contributed by atoms with van der Waals surface area (Å²) in [7, 11) is 0. The Bertz CT molecular complexity index is 572. The van der Waals surface area contributed by atoms with Crippen LogP contribution >= 0.6 is 0 Å². The molecule has 21 heavy (non-hydrogen) atoms. The van der Waals surface area contributed by atoms with Crippen LogP contribution in [0.25, 0.3) is 0 Å². The minimum atomic E-state index is -1.57. The number of fused-ring (bicyclic) bond motifs is 1. The Hall–Kier alpha value is -1.50. The van der Waals surface area contributed by atoms with Crippen LogP contribution < -0.4 is 0 Å². The van der Waals surface area contributed by atoms with Gasteiger partial charge in [-0.3, -0.25) is 4.79 Å². The molecule has 0 spiro atoms. The monoisotopic (exact) mass is 295 g/mol. The number of piperidine rings is 1. The molecule has 2 saturated heterocycles. The quantitative estimate of drug-likeness (QED) is 0.828. The first-order valence-electron chi connectivity index (χ1n) is 7.49. The lowest BCUT2D eigenvalue weighted by atomic mass is 9.92. The van der Waals surface area contributed by atoms with Gasteiger partial charge in [-0.25, -0.2) is 4.39 Å². The van der Waals surface area contributed by atoms with Gasteiger partial charge in [0.15, 0.2) is 11.5 Å². The second-order valence-corrected chi connectivity index (χ2v) is 6.34. The number of aromatic nitrogens is 2. The number of alkyl halides is 1. The summed E-state index contributed by atoms with van der Waals surface area (Å²) < 4.78 is 25.0. The van der Waals surface area contributed by atoms with Crippen LogP contribution in [0.5, 0.6) is 0 Å². The number of hydrogen-bond donors (Lipinski definition) is 0. The van der Waals surface area contributed by atoms with Crippen LogP contribution in [-0.2, 0) is 9.53 Å². The Morgan fingerprint density at radius 2 is 2.29 bits per heavy atom. The first-order chi connectivity index (χ1) is 10.0. The predicted molar refractivity (Wildman–Crippen MR) is 69.0 cm³/mol. The van der Waals surface area contributed by atoms with Gasteiger partial charge in [-0.15, -0.1) is 0 Å². The van der Waals surface area contributed by atoms with E-state index in [2.05, 4.69) is 10.1 Å². The minimum Gasteiger partial charge on any atom is -0.365 e. The summed E-state index contributed by atoms with van der Waals surface area (Å²) in [5, 5.41) is 3.78. The van der Waals surface area contributed by atoms with Gasteiger partial charge in [-0.05, 0) is 32.6 Å². The second kappa shape index (κ2) is 4.50. The number of carbonyl (C=O) groups excluding carboxylic acids is 1. The van der Waals surface area contributed by atoms with Gasteiger partial charge in [0.1, 0.15) is 6.10 Å². The molecule has 3 aliphatic rings. The fraction of sp³-hybridized carbons (Fsp3) is 0.786. The van der Waals surface area contributed by atoms with Crippen molar-refractivity contribution in [3.63, 3.8) is 0 Å². The number of aryl methyl sites for hydroxylation is 1. The Kier molecular flexibility index (Phi) is 2.82. The van der Waals surface area contributed by atoms with E-state index in [4.69, 9.17) is 9.26 Å². The Labute approximate surface area is 121 Å². The number of likely N-dealkylation sites (tertiary alicyclic amines) is 1. The van der Waals surface area contributed by atoms with Crippen molar-refractivity contribution in [2.45, 2.75) is 50.5 Å². The van der Waals surface area contributed by atoms with Crippen molar-refractivity contribution < 1.29 is 18.4 Å². The van der Waals surface area contributed by atoms with E-state index in [9.17, 15) is 9.18 Å². The number of carbonyl (C=O) groups is 1. The molecule has 4 rings (SSSR count). The van der Waals surface area contributed by atoms with Gasteiger partial charge in [-0.1, -0.05) is 5.16 Å². The van der Waals surface area contributed by atoms with E-state index in [1.807, 2.05) is 0 Å². The lowest BCUT2D eigenvalue weighted by Crippen LogP contribution is -2.48. The van der Waals surface area contributed by atoms with Crippen molar-refractivity contribution in [1.29, 1.82) is 0 Å². The molecule has 1 amide bonds. The largest absolute Gasteiger partial charge is 0.365 e. The molecule has 6 nitrogen and oxygen atoms in total. The SMILES string of the molecule is Cc1noc([C@H]2C[C@H]3CN(C(=O)C4(F)CC4)CC[C@H]3O2)n1. The maximum absolute atomic E-state index is 13.9. The average Bonchev–Trinajstić information content (AvgIpc) is 2.89. The predicted octanol–water partition coefficient (Wildman–Crippen LogP) is 1.56. The Morgan fingerprint density at radius 1 is 1.48 bits per heavy atom. The van der Waals surface area contributed by atoms with E-state index in [0.29, 0.717) is 37.6 Å². The molecule has 1 saturated carbocycles. The molecule has 3 atom stereocenters. The molecular weight excluding hydrogens is 277 g/mol. The second-order valence-electron chi connectivity index (χ2n) is 6.34. The van der Waals surface area contributed by atoms with Crippen LogP contribution in [0.15, 0.2) is 4.52 Å². The van der Waals surface area contributed by atoms with Crippen molar-refractivity contribution in [2.24, 2.45) is 5.92 Å². The molecule has 0 bridgehead atoms. The van der Waals surface area contributed by atoms with Crippen molar-refractivity contribution in [3.05, 3.63) is 11.7 Å². The van der Waals surface area contributed by atoms with Crippen LogP contribution in [0.1, 0.15) is 43.5 Å². The highest BCUT2D eigenvalue weighted by atomic mass is 19.1. The van der Waals surface area contributed by atoms with Crippen molar-refractivity contribution >= 4 is 5.91 Å². The van der Waals surface area contributed by atoms with Gasteiger partial charge in [0.25, 0.3) is 11.8 Å². The molecule has 114 valence electrons. The average molecular weight is 295 g/mol. The Morgan fingerprint density at radius 3 is 2.95 bits per heavy atom. The highest BCUT2D eigenvalue weighted by Gasteiger charge is 2.54. The third kappa shape index (κ3) is 2.23. The van der Waals surface area contributed by atoms with Gasteiger partial charge >= 0.3 is 0 Å². The van der Waals surface area contributed by atoms with Crippen LogP contribution in [0, 0.1) is 12.8 Å². The van der Waals surface area contributed by atoms with E-state index in [1.54, 1.807) is 11.8 Å². The van der Waals surface area contributed by atoms with Crippen molar-refractivity contribution in [2.75, 3.05) is 13.1 Å². The van der Waals surface area contributed by atoms with Crippen LogP contribution in [0.2, 0.25) is 0 Å². The van der Waals surface area contributed by atoms with Gasteiger partial charge in [0.05, 0.1) is 6.10 Å². The third-order valence-corrected chi connectivity index (χ3v) is 4.70. The number of hydrogen-bond acceptors (Lipinski definition) is 5. The van der Waals surface area contributed by atoms with E-state index in [1.165, 1.54) is 0 Å². The fourth-order valence-electron chi connectivity index (χ4n) is 3.35. The fourth-order valence-corrected chi connectivity index (χ4v) is 3.35. The van der Waals surface area contributed by atoms with E-state index in [-0.39, 0.29) is 24.0 Å². The van der Waals surface area contributed by atoms with Gasteiger partial charge < -0.3 is 14.2 Å². The van der Waals surface area contributed by atoms with E-state index < -0.39 is 5.67 Å². The van der Waals surface area contributed by atoms with Crippen LogP contribution in [0.4, 0.5) is 4.39 Å². The summed E-state index contributed by atoms with van der Waals surface area (Å²) in [5.41, 5.74) is -1.57. The highest BCUT2D eigenvalue weighted by Crippen LogP contribution is 2.44. The maximum Gasteiger partial charge on any atom is 0.260 e. The lowest BCUT2D eigenvalue weighted by Gasteiger charge is -2.34. The summed E-state index contributed by atoms with van der Waals surface area (Å²) >= 11 is 0. The lowest BCUT2D eigenvalue weighted by molar-refractivity contribution is -0.141. The Balaban J connectivity index is 1.43. The normalized spacial score (nSPS) is 33.8.